The van der Waals surface area contributed by atoms with E-state index in [1.54, 1.807) is 7.11 Å². The molecule has 146 valence electrons. The molecule has 0 atom stereocenters. The van der Waals surface area contributed by atoms with Gasteiger partial charge in [0.1, 0.15) is 18.1 Å². The molecule has 0 aliphatic heterocycles. The van der Waals surface area contributed by atoms with E-state index in [-0.39, 0.29) is 12.5 Å². The molecule has 0 bridgehead atoms. The van der Waals surface area contributed by atoms with Gasteiger partial charge in [-0.1, -0.05) is 26.0 Å². The largest absolute Gasteiger partial charge is 0.491 e. The Labute approximate surface area is 160 Å². The molecule has 2 aromatic carbocycles. The van der Waals surface area contributed by atoms with Crippen LogP contribution in [0.25, 0.3) is 0 Å². The van der Waals surface area contributed by atoms with E-state index in [0.717, 1.165) is 11.4 Å². The topological polar surface area (TPSA) is 68.8 Å². The predicted molar refractivity (Wildman–Crippen MR) is 108 cm³/mol. The van der Waals surface area contributed by atoms with E-state index in [2.05, 4.69) is 24.5 Å². The first-order valence-electron chi connectivity index (χ1n) is 9.06. The number of anilines is 2. The fourth-order valence-corrected chi connectivity index (χ4v) is 2.24. The van der Waals surface area contributed by atoms with Crippen molar-refractivity contribution in [2.75, 3.05) is 44.1 Å². The van der Waals surface area contributed by atoms with Gasteiger partial charge in [0, 0.05) is 12.8 Å². The molecule has 0 saturated carbocycles. The summed E-state index contributed by atoms with van der Waals surface area (Å²) >= 11 is 0. The van der Waals surface area contributed by atoms with Crippen LogP contribution in [0.1, 0.15) is 13.8 Å². The molecule has 2 aromatic rings. The highest BCUT2D eigenvalue weighted by atomic mass is 16.5. The standard InChI is InChI=1S/C21H28N2O4/c1-16(2)15-27-20-7-5-4-6-19(20)23-21(24)14-22-17-8-10-18(11-9-17)26-13-12-25-3/h4-11,16,22H,12-15H2,1-3H3,(H,23,24). The minimum absolute atomic E-state index is 0.143. The first-order valence-corrected chi connectivity index (χ1v) is 9.06. The Kier molecular flexibility index (Phi) is 8.45. The smallest absolute Gasteiger partial charge is 0.243 e. The molecule has 2 rings (SSSR count). The van der Waals surface area contributed by atoms with Gasteiger partial charge in [0.05, 0.1) is 25.4 Å². The van der Waals surface area contributed by atoms with E-state index in [1.165, 1.54) is 0 Å². The van der Waals surface area contributed by atoms with Crippen LogP contribution in [0.15, 0.2) is 48.5 Å². The second-order valence-corrected chi connectivity index (χ2v) is 6.47. The lowest BCUT2D eigenvalue weighted by atomic mass is 10.2. The van der Waals surface area contributed by atoms with E-state index >= 15 is 0 Å². The number of methoxy groups -OCH3 is 1. The lowest BCUT2D eigenvalue weighted by Crippen LogP contribution is -2.22. The molecule has 0 saturated heterocycles. The van der Waals surface area contributed by atoms with Crippen LogP contribution in [-0.4, -0.2) is 39.4 Å². The third kappa shape index (κ3) is 7.58. The number of nitrogens with one attached hydrogen (secondary N) is 2. The fourth-order valence-electron chi connectivity index (χ4n) is 2.24. The Balaban J connectivity index is 1.82. The second kappa shape index (κ2) is 11.1. The molecular weight excluding hydrogens is 344 g/mol. The molecule has 0 unspecified atom stereocenters. The monoisotopic (exact) mass is 372 g/mol. The fraction of sp³-hybridized carbons (Fsp3) is 0.381. The van der Waals surface area contributed by atoms with Crippen molar-refractivity contribution in [2.45, 2.75) is 13.8 Å². The van der Waals surface area contributed by atoms with Crippen molar-refractivity contribution in [1.29, 1.82) is 0 Å². The van der Waals surface area contributed by atoms with Crippen molar-refractivity contribution in [2.24, 2.45) is 5.92 Å². The lowest BCUT2D eigenvalue weighted by Gasteiger charge is -2.14. The summed E-state index contributed by atoms with van der Waals surface area (Å²) in [4.78, 5) is 12.2. The van der Waals surface area contributed by atoms with Crippen LogP contribution < -0.4 is 20.1 Å². The van der Waals surface area contributed by atoms with E-state index in [1.807, 2.05) is 48.5 Å². The number of benzene rings is 2. The van der Waals surface area contributed by atoms with Gasteiger partial charge in [-0.3, -0.25) is 4.79 Å². The third-order valence-electron chi connectivity index (χ3n) is 3.60. The number of rotatable bonds is 11. The summed E-state index contributed by atoms with van der Waals surface area (Å²) in [7, 11) is 1.64. The highest BCUT2D eigenvalue weighted by Gasteiger charge is 2.08. The minimum Gasteiger partial charge on any atom is -0.491 e. The summed E-state index contributed by atoms with van der Waals surface area (Å²) in [6.07, 6.45) is 0. The molecule has 0 radical (unpaired) electrons. The summed E-state index contributed by atoms with van der Waals surface area (Å²) in [6.45, 7) is 5.97. The third-order valence-corrected chi connectivity index (χ3v) is 3.60. The first kappa shape index (κ1) is 20.6. The zero-order valence-corrected chi connectivity index (χ0v) is 16.2. The van der Waals surface area contributed by atoms with Crippen LogP contribution in [0.5, 0.6) is 11.5 Å². The number of para-hydroxylation sites is 2. The first-order chi connectivity index (χ1) is 13.1. The lowest BCUT2D eigenvalue weighted by molar-refractivity contribution is -0.114. The number of hydrogen-bond donors (Lipinski definition) is 2. The van der Waals surface area contributed by atoms with Gasteiger partial charge in [-0.15, -0.1) is 0 Å². The van der Waals surface area contributed by atoms with E-state index in [4.69, 9.17) is 14.2 Å². The molecular formula is C21H28N2O4. The average molecular weight is 372 g/mol. The summed E-state index contributed by atoms with van der Waals surface area (Å²) < 4.78 is 16.2. The molecule has 0 aliphatic carbocycles. The number of carbonyl (C=O) groups excluding carboxylic acids is 1. The normalized spacial score (nSPS) is 10.5. The summed E-state index contributed by atoms with van der Waals surface area (Å²) in [6, 6.07) is 14.9. The summed E-state index contributed by atoms with van der Waals surface area (Å²) in [5.74, 6) is 1.71. The van der Waals surface area contributed by atoms with Gasteiger partial charge >= 0.3 is 0 Å². The zero-order valence-electron chi connectivity index (χ0n) is 16.2. The zero-order chi connectivity index (χ0) is 19.5. The van der Waals surface area contributed by atoms with E-state index in [0.29, 0.717) is 37.2 Å². The number of ether oxygens (including phenoxy) is 3. The number of carbonyl (C=O) groups is 1. The van der Waals surface area contributed by atoms with Crippen molar-refractivity contribution in [3.8, 4) is 11.5 Å². The van der Waals surface area contributed by atoms with E-state index < -0.39 is 0 Å². The van der Waals surface area contributed by atoms with Gasteiger partial charge in [0.25, 0.3) is 0 Å². The molecule has 0 aliphatic rings. The summed E-state index contributed by atoms with van der Waals surface area (Å²) in [5.41, 5.74) is 1.51. The molecule has 2 N–H and O–H groups in total. The maximum absolute atomic E-state index is 12.2. The molecule has 0 heterocycles. The molecule has 1 amide bonds. The Bertz CT molecular complexity index is 702. The Morgan fingerprint density at radius 3 is 2.44 bits per heavy atom. The number of amides is 1. The highest BCUT2D eigenvalue weighted by molar-refractivity contribution is 5.95. The van der Waals surface area contributed by atoms with Crippen LogP contribution in [-0.2, 0) is 9.53 Å². The molecule has 0 fully saturated rings. The van der Waals surface area contributed by atoms with Crippen LogP contribution in [0.4, 0.5) is 11.4 Å². The van der Waals surface area contributed by atoms with Gasteiger partial charge in [-0.2, -0.15) is 0 Å². The Morgan fingerprint density at radius 2 is 1.74 bits per heavy atom. The molecule has 27 heavy (non-hydrogen) atoms. The van der Waals surface area contributed by atoms with Crippen molar-refractivity contribution < 1.29 is 19.0 Å². The maximum Gasteiger partial charge on any atom is 0.243 e. The van der Waals surface area contributed by atoms with Crippen molar-refractivity contribution >= 4 is 17.3 Å². The summed E-state index contributed by atoms with van der Waals surface area (Å²) in [5, 5.41) is 5.98. The number of hydrogen-bond acceptors (Lipinski definition) is 5. The van der Waals surface area contributed by atoms with Gasteiger partial charge in [0.2, 0.25) is 5.91 Å². The highest BCUT2D eigenvalue weighted by Crippen LogP contribution is 2.24. The van der Waals surface area contributed by atoms with E-state index in [9.17, 15) is 4.79 Å². The van der Waals surface area contributed by atoms with Crippen LogP contribution in [0, 0.1) is 5.92 Å². The second-order valence-electron chi connectivity index (χ2n) is 6.47. The van der Waals surface area contributed by atoms with Crippen molar-refractivity contribution in [3.05, 3.63) is 48.5 Å². The average Bonchev–Trinajstić information content (AvgIpc) is 2.67. The van der Waals surface area contributed by atoms with Gasteiger partial charge in [-0.05, 0) is 42.3 Å². The Hall–Kier alpha value is -2.73. The van der Waals surface area contributed by atoms with Crippen LogP contribution in [0.2, 0.25) is 0 Å². The SMILES string of the molecule is COCCOc1ccc(NCC(=O)Nc2ccccc2OCC(C)C)cc1. The molecule has 6 heteroatoms. The Morgan fingerprint density at radius 1 is 1.00 bits per heavy atom. The van der Waals surface area contributed by atoms with Crippen LogP contribution in [0.3, 0.4) is 0 Å². The minimum atomic E-state index is -0.143. The van der Waals surface area contributed by atoms with Gasteiger partial charge in [0.15, 0.2) is 0 Å². The van der Waals surface area contributed by atoms with Crippen molar-refractivity contribution in [3.63, 3.8) is 0 Å². The van der Waals surface area contributed by atoms with Gasteiger partial charge < -0.3 is 24.8 Å². The molecule has 6 nitrogen and oxygen atoms in total. The van der Waals surface area contributed by atoms with Crippen molar-refractivity contribution in [1.82, 2.24) is 0 Å². The molecule has 0 spiro atoms. The quantitative estimate of drug-likeness (QED) is 0.587. The van der Waals surface area contributed by atoms with Gasteiger partial charge in [-0.25, -0.2) is 0 Å². The molecule has 0 aromatic heterocycles. The predicted octanol–water partition coefficient (Wildman–Crippen LogP) is 3.80. The van der Waals surface area contributed by atoms with Crippen LogP contribution >= 0.6 is 0 Å². The maximum atomic E-state index is 12.2.